The van der Waals surface area contributed by atoms with Crippen LogP contribution in [0.3, 0.4) is 0 Å². The molecule has 0 atom stereocenters. The number of carbonyl (C=O) groups is 2. The number of carbonyl (C=O) groups excluding carboxylic acids is 2. The third-order valence-corrected chi connectivity index (χ3v) is 2.42. The molecule has 0 aromatic carbocycles. The lowest BCUT2D eigenvalue weighted by Gasteiger charge is -2.09. The zero-order valence-corrected chi connectivity index (χ0v) is 12.3. The van der Waals surface area contributed by atoms with Crippen LogP contribution in [-0.2, 0) is 4.79 Å². The van der Waals surface area contributed by atoms with E-state index < -0.39 is 0 Å². The van der Waals surface area contributed by atoms with E-state index in [9.17, 15) is 9.59 Å². The number of rotatable bonds is 5. The molecule has 112 valence electrons. The SMILES string of the molecule is CC(C)NC(=O)CCNC(=O)c1cncc(C#CCN)c1. The molecule has 1 aromatic rings. The highest BCUT2D eigenvalue weighted by Gasteiger charge is 2.08. The molecular formula is C15H20N4O2. The summed E-state index contributed by atoms with van der Waals surface area (Å²) >= 11 is 0. The molecule has 1 aromatic heterocycles. The fourth-order valence-corrected chi connectivity index (χ4v) is 1.57. The van der Waals surface area contributed by atoms with E-state index in [-0.39, 0.29) is 37.4 Å². The van der Waals surface area contributed by atoms with Gasteiger partial charge in [0.25, 0.3) is 5.91 Å². The molecule has 21 heavy (non-hydrogen) atoms. The molecule has 0 radical (unpaired) electrons. The molecule has 0 fully saturated rings. The summed E-state index contributed by atoms with van der Waals surface area (Å²) in [5.74, 6) is 5.14. The maximum absolute atomic E-state index is 11.9. The Morgan fingerprint density at radius 2 is 2.14 bits per heavy atom. The first kappa shape index (κ1) is 16.7. The maximum atomic E-state index is 11.9. The topological polar surface area (TPSA) is 97.1 Å². The molecule has 1 rings (SSSR count). The Hall–Kier alpha value is -2.39. The number of nitrogens with two attached hydrogens (primary N) is 1. The van der Waals surface area contributed by atoms with Gasteiger partial charge in [-0.1, -0.05) is 11.8 Å². The normalized spacial score (nSPS) is 9.71. The third kappa shape index (κ3) is 6.54. The summed E-state index contributed by atoms with van der Waals surface area (Å²) in [5.41, 5.74) is 6.33. The van der Waals surface area contributed by atoms with Crippen LogP contribution in [0.25, 0.3) is 0 Å². The van der Waals surface area contributed by atoms with E-state index in [1.807, 2.05) is 13.8 Å². The van der Waals surface area contributed by atoms with Gasteiger partial charge in [-0.2, -0.15) is 0 Å². The second kappa shape index (κ2) is 8.72. The molecule has 0 bridgehead atoms. The number of nitrogens with zero attached hydrogens (tertiary/aromatic N) is 1. The van der Waals surface area contributed by atoms with E-state index >= 15 is 0 Å². The molecule has 0 saturated carbocycles. The molecule has 0 aliphatic carbocycles. The molecule has 0 spiro atoms. The molecule has 2 amide bonds. The molecule has 4 N–H and O–H groups in total. The summed E-state index contributed by atoms with van der Waals surface area (Å²) in [6.07, 6.45) is 3.26. The average molecular weight is 288 g/mol. The van der Waals surface area contributed by atoms with E-state index in [0.717, 1.165) is 0 Å². The number of amides is 2. The highest BCUT2D eigenvalue weighted by molar-refractivity contribution is 5.94. The van der Waals surface area contributed by atoms with E-state index in [1.165, 1.54) is 6.20 Å². The summed E-state index contributed by atoms with van der Waals surface area (Å²) in [5, 5.41) is 5.43. The van der Waals surface area contributed by atoms with Crippen LogP contribution >= 0.6 is 0 Å². The minimum atomic E-state index is -0.281. The Balaban J connectivity index is 2.50. The second-order valence-corrected chi connectivity index (χ2v) is 4.70. The van der Waals surface area contributed by atoms with Gasteiger partial charge in [0.05, 0.1) is 12.1 Å². The van der Waals surface area contributed by atoms with Crippen LogP contribution in [0.5, 0.6) is 0 Å². The smallest absolute Gasteiger partial charge is 0.252 e. The fourth-order valence-electron chi connectivity index (χ4n) is 1.57. The van der Waals surface area contributed by atoms with Crippen LogP contribution in [0.2, 0.25) is 0 Å². The van der Waals surface area contributed by atoms with E-state index in [1.54, 1.807) is 12.3 Å². The summed E-state index contributed by atoms with van der Waals surface area (Å²) in [6.45, 7) is 4.30. The minimum absolute atomic E-state index is 0.0917. The van der Waals surface area contributed by atoms with Gasteiger partial charge in [-0.25, -0.2) is 0 Å². The summed E-state index contributed by atoms with van der Waals surface area (Å²) in [4.78, 5) is 27.3. The number of nitrogens with one attached hydrogen (secondary N) is 2. The van der Waals surface area contributed by atoms with E-state index in [0.29, 0.717) is 11.1 Å². The lowest BCUT2D eigenvalue weighted by Crippen LogP contribution is -2.34. The first-order chi connectivity index (χ1) is 10.0. The van der Waals surface area contributed by atoms with Gasteiger partial charge < -0.3 is 16.4 Å². The highest BCUT2D eigenvalue weighted by atomic mass is 16.2. The number of aromatic nitrogens is 1. The zero-order valence-electron chi connectivity index (χ0n) is 12.3. The van der Waals surface area contributed by atoms with Crippen molar-refractivity contribution in [2.24, 2.45) is 5.73 Å². The minimum Gasteiger partial charge on any atom is -0.354 e. The molecule has 0 aliphatic heterocycles. The van der Waals surface area contributed by atoms with E-state index in [2.05, 4.69) is 27.5 Å². The zero-order chi connectivity index (χ0) is 15.7. The quantitative estimate of drug-likeness (QED) is 0.666. The average Bonchev–Trinajstić information content (AvgIpc) is 2.44. The van der Waals surface area contributed by atoms with Gasteiger partial charge in [-0.15, -0.1) is 0 Å². The van der Waals surface area contributed by atoms with Crippen molar-refractivity contribution in [3.8, 4) is 11.8 Å². The largest absolute Gasteiger partial charge is 0.354 e. The Morgan fingerprint density at radius 3 is 2.81 bits per heavy atom. The molecule has 0 unspecified atom stereocenters. The molecule has 0 saturated heterocycles. The van der Waals surface area contributed by atoms with Crippen LogP contribution in [0, 0.1) is 11.8 Å². The second-order valence-electron chi connectivity index (χ2n) is 4.70. The van der Waals surface area contributed by atoms with Gasteiger partial charge in [0.15, 0.2) is 0 Å². The van der Waals surface area contributed by atoms with Gasteiger partial charge in [0, 0.05) is 37.0 Å². The Labute approximate surface area is 124 Å². The maximum Gasteiger partial charge on any atom is 0.252 e. The van der Waals surface area contributed by atoms with Gasteiger partial charge in [0.1, 0.15) is 0 Å². The van der Waals surface area contributed by atoms with Gasteiger partial charge in [-0.05, 0) is 19.9 Å². The van der Waals surface area contributed by atoms with Crippen molar-refractivity contribution in [1.29, 1.82) is 0 Å². The summed E-state index contributed by atoms with van der Waals surface area (Å²) < 4.78 is 0. The first-order valence-corrected chi connectivity index (χ1v) is 6.74. The van der Waals surface area contributed by atoms with Crippen molar-refractivity contribution >= 4 is 11.8 Å². The van der Waals surface area contributed by atoms with Gasteiger partial charge in [0.2, 0.25) is 5.91 Å². The molecule has 6 nitrogen and oxygen atoms in total. The predicted molar refractivity (Wildman–Crippen MR) is 80.4 cm³/mol. The monoisotopic (exact) mass is 288 g/mol. The van der Waals surface area contributed by atoms with Crippen molar-refractivity contribution in [2.75, 3.05) is 13.1 Å². The molecule has 0 aliphatic rings. The van der Waals surface area contributed by atoms with Crippen LogP contribution in [0.15, 0.2) is 18.5 Å². The predicted octanol–water partition coefficient (Wildman–Crippen LogP) is 0.0363. The highest BCUT2D eigenvalue weighted by Crippen LogP contribution is 2.01. The number of hydrogen-bond donors (Lipinski definition) is 3. The third-order valence-electron chi connectivity index (χ3n) is 2.42. The van der Waals surface area contributed by atoms with Crippen molar-refractivity contribution in [2.45, 2.75) is 26.3 Å². The Kier molecular flexibility index (Phi) is 6.92. The standard InChI is InChI=1S/C15H20N4O2/c1-11(2)19-14(20)5-7-18-15(21)13-8-12(4-3-6-16)9-17-10-13/h8-11H,5-7,16H2,1-2H3,(H,18,21)(H,19,20). The number of hydrogen-bond acceptors (Lipinski definition) is 4. The summed E-state index contributed by atoms with van der Waals surface area (Å²) in [6, 6.07) is 1.73. The van der Waals surface area contributed by atoms with Crippen LogP contribution in [-0.4, -0.2) is 35.9 Å². The Bertz CT molecular complexity index is 558. The van der Waals surface area contributed by atoms with Gasteiger partial charge >= 0.3 is 0 Å². The first-order valence-electron chi connectivity index (χ1n) is 6.74. The lowest BCUT2D eigenvalue weighted by atomic mass is 10.2. The van der Waals surface area contributed by atoms with Crippen molar-refractivity contribution in [1.82, 2.24) is 15.6 Å². The van der Waals surface area contributed by atoms with Crippen molar-refractivity contribution < 1.29 is 9.59 Å². The molecule has 1 heterocycles. The number of pyridine rings is 1. The van der Waals surface area contributed by atoms with Gasteiger partial charge in [-0.3, -0.25) is 14.6 Å². The molecule has 6 heteroatoms. The van der Waals surface area contributed by atoms with E-state index in [4.69, 9.17) is 5.73 Å². The van der Waals surface area contributed by atoms with Crippen LogP contribution in [0.1, 0.15) is 36.2 Å². The lowest BCUT2D eigenvalue weighted by molar-refractivity contribution is -0.121. The van der Waals surface area contributed by atoms with Crippen molar-refractivity contribution in [3.63, 3.8) is 0 Å². The van der Waals surface area contributed by atoms with Crippen LogP contribution < -0.4 is 16.4 Å². The van der Waals surface area contributed by atoms with Crippen molar-refractivity contribution in [3.05, 3.63) is 29.6 Å². The Morgan fingerprint density at radius 1 is 1.38 bits per heavy atom. The summed E-state index contributed by atoms with van der Waals surface area (Å²) in [7, 11) is 0. The van der Waals surface area contributed by atoms with Crippen LogP contribution in [0.4, 0.5) is 0 Å². The molecular weight excluding hydrogens is 268 g/mol. The fraction of sp³-hybridized carbons (Fsp3) is 0.400.